The first-order valence-corrected chi connectivity index (χ1v) is 7.44. The molecular formula is C14H26N2O2. The van der Waals surface area contributed by atoms with E-state index >= 15 is 0 Å². The van der Waals surface area contributed by atoms with E-state index in [2.05, 4.69) is 10.2 Å². The predicted molar refractivity (Wildman–Crippen MR) is 71.5 cm³/mol. The number of rotatable bonds is 5. The number of hydrogen-bond acceptors (Lipinski definition) is 3. The Morgan fingerprint density at radius 1 is 1.17 bits per heavy atom. The Morgan fingerprint density at radius 2 is 1.89 bits per heavy atom. The van der Waals surface area contributed by atoms with Gasteiger partial charge < -0.3 is 10.1 Å². The minimum Gasteiger partial charge on any atom is -0.379 e. The van der Waals surface area contributed by atoms with Crippen LogP contribution in [0.5, 0.6) is 0 Å². The van der Waals surface area contributed by atoms with Crippen LogP contribution in [0, 0.1) is 0 Å². The van der Waals surface area contributed by atoms with Crippen molar-refractivity contribution in [2.24, 2.45) is 0 Å². The van der Waals surface area contributed by atoms with Crippen molar-refractivity contribution >= 4 is 5.91 Å². The maximum absolute atomic E-state index is 11.8. The molecule has 0 radical (unpaired) electrons. The highest BCUT2D eigenvalue weighted by atomic mass is 16.5. The number of hydrogen-bond donors (Lipinski definition) is 1. The van der Waals surface area contributed by atoms with E-state index in [1.165, 1.54) is 32.1 Å². The van der Waals surface area contributed by atoms with E-state index in [0.717, 1.165) is 39.3 Å². The summed E-state index contributed by atoms with van der Waals surface area (Å²) >= 11 is 0. The number of morpholine rings is 1. The van der Waals surface area contributed by atoms with E-state index < -0.39 is 0 Å². The van der Waals surface area contributed by atoms with Crippen LogP contribution in [0.15, 0.2) is 0 Å². The van der Waals surface area contributed by atoms with Crippen LogP contribution < -0.4 is 5.32 Å². The molecule has 1 aliphatic heterocycles. The van der Waals surface area contributed by atoms with Crippen molar-refractivity contribution in [2.45, 2.75) is 51.0 Å². The zero-order chi connectivity index (χ0) is 12.6. The second kappa shape index (κ2) is 7.74. The van der Waals surface area contributed by atoms with E-state index in [1.807, 2.05) is 0 Å². The van der Waals surface area contributed by atoms with Crippen LogP contribution in [0.1, 0.15) is 44.9 Å². The van der Waals surface area contributed by atoms with Gasteiger partial charge in [0.15, 0.2) is 0 Å². The van der Waals surface area contributed by atoms with Crippen molar-refractivity contribution in [3.63, 3.8) is 0 Å². The summed E-state index contributed by atoms with van der Waals surface area (Å²) in [7, 11) is 0. The van der Waals surface area contributed by atoms with Crippen LogP contribution in [0.4, 0.5) is 0 Å². The normalized spacial score (nSPS) is 22.9. The van der Waals surface area contributed by atoms with Crippen LogP contribution in [-0.4, -0.2) is 49.7 Å². The van der Waals surface area contributed by atoms with Crippen LogP contribution in [0.25, 0.3) is 0 Å². The average Bonchev–Trinajstić information content (AvgIpc) is 2.41. The summed E-state index contributed by atoms with van der Waals surface area (Å²) in [5.41, 5.74) is 0. The highest BCUT2D eigenvalue weighted by Crippen LogP contribution is 2.17. The fourth-order valence-electron chi connectivity index (χ4n) is 2.83. The van der Waals surface area contributed by atoms with Gasteiger partial charge in [0.2, 0.25) is 5.91 Å². The summed E-state index contributed by atoms with van der Waals surface area (Å²) in [6, 6.07) is 0.453. The molecule has 1 N–H and O–H groups in total. The minimum atomic E-state index is 0.246. The van der Waals surface area contributed by atoms with Gasteiger partial charge >= 0.3 is 0 Å². The number of ether oxygens (including phenoxy) is 1. The van der Waals surface area contributed by atoms with E-state index in [-0.39, 0.29) is 5.91 Å². The van der Waals surface area contributed by atoms with Gasteiger partial charge in [0, 0.05) is 25.6 Å². The van der Waals surface area contributed by atoms with E-state index in [0.29, 0.717) is 12.5 Å². The lowest BCUT2D eigenvalue weighted by molar-refractivity contribution is -0.122. The fourth-order valence-corrected chi connectivity index (χ4v) is 2.83. The van der Waals surface area contributed by atoms with Gasteiger partial charge in [-0.05, 0) is 25.8 Å². The molecule has 0 unspecified atom stereocenters. The smallest absolute Gasteiger partial charge is 0.220 e. The summed E-state index contributed by atoms with van der Waals surface area (Å²) in [4.78, 5) is 14.2. The molecule has 2 aliphatic rings. The van der Waals surface area contributed by atoms with Crippen molar-refractivity contribution < 1.29 is 9.53 Å². The molecule has 0 spiro atoms. The fraction of sp³-hybridized carbons (Fsp3) is 0.929. The third kappa shape index (κ3) is 4.94. The highest BCUT2D eigenvalue weighted by Gasteiger charge is 2.16. The van der Waals surface area contributed by atoms with Gasteiger partial charge in [0.1, 0.15) is 0 Å². The Bertz CT molecular complexity index is 246. The molecule has 0 bridgehead atoms. The number of amides is 1. The summed E-state index contributed by atoms with van der Waals surface area (Å²) in [5, 5.41) is 3.17. The molecule has 0 aromatic heterocycles. The van der Waals surface area contributed by atoms with Crippen molar-refractivity contribution in [3.05, 3.63) is 0 Å². The summed E-state index contributed by atoms with van der Waals surface area (Å²) in [6.45, 7) is 4.75. The van der Waals surface area contributed by atoms with Crippen molar-refractivity contribution in [1.82, 2.24) is 10.2 Å². The summed E-state index contributed by atoms with van der Waals surface area (Å²) in [6.07, 6.45) is 7.89. The largest absolute Gasteiger partial charge is 0.379 e. The first-order valence-electron chi connectivity index (χ1n) is 7.44. The monoisotopic (exact) mass is 254 g/mol. The summed E-state index contributed by atoms with van der Waals surface area (Å²) < 4.78 is 5.31. The molecule has 1 heterocycles. The Kier molecular flexibility index (Phi) is 5.94. The second-order valence-corrected chi connectivity index (χ2v) is 5.46. The molecule has 0 atom stereocenters. The third-order valence-electron chi connectivity index (χ3n) is 3.95. The molecular weight excluding hydrogens is 228 g/mol. The molecule has 4 heteroatoms. The van der Waals surface area contributed by atoms with Gasteiger partial charge in [-0.25, -0.2) is 0 Å². The molecule has 1 amide bonds. The molecule has 1 saturated carbocycles. The standard InChI is InChI=1S/C14H26N2O2/c17-14(15-13-5-2-1-3-6-13)7-4-8-16-9-11-18-12-10-16/h13H,1-12H2,(H,15,17). The molecule has 0 aromatic carbocycles. The molecule has 4 nitrogen and oxygen atoms in total. The molecule has 2 rings (SSSR count). The van der Waals surface area contributed by atoms with E-state index in [9.17, 15) is 4.79 Å². The maximum Gasteiger partial charge on any atom is 0.220 e. The second-order valence-electron chi connectivity index (χ2n) is 5.46. The molecule has 2 fully saturated rings. The molecule has 18 heavy (non-hydrogen) atoms. The minimum absolute atomic E-state index is 0.246. The molecule has 1 aliphatic carbocycles. The number of nitrogens with zero attached hydrogens (tertiary/aromatic N) is 1. The van der Waals surface area contributed by atoms with Crippen LogP contribution in [-0.2, 0) is 9.53 Å². The average molecular weight is 254 g/mol. The number of carbonyl (C=O) groups is 1. The first kappa shape index (κ1) is 13.8. The van der Waals surface area contributed by atoms with Crippen molar-refractivity contribution in [1.29, 1.82) is 0 Å². The Labute approximate surface area is 110 Å². The van der Waals surface area contributed by atoms with Crippen molar-refractivity contribution in [3.8, 4) is 0 Å². The van der Waals surface area contributed by atoms with Gasteiger partial charge in [0.05, 0.1) is 13.2 Å². The highest BCUT2D eigenvalue weighted by molar-refractivity contribution is 5.76. The van der Waals surface area contributed by atoms with Gasteiger partial charge in [-0.15, -0.1) is 0 Å². The Hall–Kier alpha value is -0.610. The molecule has 1 saturated heterocycles. The zero-order valence-electron chi connectivity index (χ0n) is 11.3. The quantitative estimate of drug-likeness (QED) is 0.809. The van der Waals surface area contributed by atoms with Gasteiger partial charge in [0.25, 0.3) is 0 Å². The first-order chi connectivity index (χ1) is 8.84. The van der Waals surface area contributed by atoms with E-state index in [4.69, 9.17) is 4.74 Å². The lowest BCUT2D eigenvalue weighted by Crippen LogP contribution is -2.38. The van der Waals surface area contributed by atoms with Gasteiger partial charge in [-0.1, -0.05) is 19.3 Å². The summed E-state index contributed by atoms with van der Waals surface area (Å²) in [5.74, 6) is 0.246. The predicted octanol–water partition coefficient (Wildman–Crippen LogP) is 1.55. The Balaban J connectivity index is 1.53. The zero-order valence-corrected chi connectivity index (χ0v) is 11.3. The van der Waals surface area contributed by atoms with Gasteiger partial charge in [-0.2, -0.15) is 0 Å². The maximum atomic E-state index is 11.8. The van der Waals surface area contributed by atoms with Crippen LogP contribution in [0.3, 0.4) is 0 Å². The van der Waals surface area contributed by atoms with Crippen LogP contribution in [0.2, 0.25) is 0 Å². The van der Waals surface area contributed by atoms with E-state index in [1.54, 1.807) is 0 Å². The molecule has 104 valence electrons. The SMILES string of the molecule is O=C(CCCN1CCOCC1)NC1CCCCC1. The number of nitrogens with one attached hydrogen (secondary N) is 1. The van der Waals surface area contributed by atoms with Crippen LogP contribution >= 0.6 is 0 Å². The third-order valence-corrected chi connectivity index (χ3v) is 3.95. The topological polar surface area (TPSA) is 41.6 Å². The van der Waals surface area contributed by atoms with Crippen molar-refractivity contribution in [2.75, 3.05) is 32.8 Å². The Morgan fingerprint density at radius 3 is 2.61 bits per heavy atom. The van der Waals surface area contributed by atoms with Gasteiger partial charge in [-0.3, -0.25) is 9.69 Å². The lowest BCUT2D eigenvalue weighted by Gasteiger charge is -2.26. The lowest BCUT2D eigenvalue weighted by atomic mass is 9.95. The number of carbonyl (C=O) groups excluding carboxylic acids is 1. The molecule has 0 aromatic rings.